The third-order valence-corrected chi connectivity index (χ3v) is 7.59. The summed E-state index contributed by atoms with van der Waals surface area (Å²) < 4.78 is 6.00. The molecule has 0 radical (unpaired) electrons. The van der Waals surface area contributed by atoms with Gasteiger partial charge in [0.2, 0.25) is 0 Å². The number of ether oxygens (including phenoxy) is 1. The molecule has 0 atom stereocenters. The minimum atomic E-state index is -0.423. The van der Waals surface area contributed by atoms with E-state index in [2.05, 4.69) is 0 Å². The standard InChI is InChI=1S/C32H24N2O5/c1-17-7-5-9-27(19(17)3)33-29(35)23-13-11-21(15-25(23)31(33)37)39-22-12-14-24-26(16-22)32(38)34(30(24)36)28-10-6-8-18(2)20(28)4/h5-16H,1-4H3. The van der Waals surface area contributed by atoms with E-state index in [-0.39, 0.29) is 22.9 Å². The van der Waals surface area contributed by atoms with Crippen LogP contribution in [0.15, 0.2) is 72.8 Å². The maximum Gasteiger partial charge on any atom is 0.266 e. The van der Waals surface area contributed by atoms with E-state index >= 15 is 0 Å². The molecular weight excluding hydrogens is 492 g/mol. The summed E-state index contributed by atoms with van der Waals surface area (Å²) in [7, 11) is 0. The Morgan fingerprint density at radius 1 is 0.487 bits per heavy atom. The lowest BCUT2D eigenvalue weighted by Gasteiger charge is -2.17. The number of anilines is 2. The van der Waals surface area contributed by atoms with Crippen molar-refractivity contribution in [3.05, 3.63) is 117 Å². The van der Waals surface area contributed by atoms with Gasteiger partial charge in [-0.05, 0) is 98.5 Å². The van der Waals surface area contributed by atoms with E-state index in [1.165, 1.54) is 21.9 Å². The number of rotatable bonds is 4. The van der Waals surface area contributed by atoms with Gasteiger partial charge in [0.25, 0.3) is 23.6 Å². The summed E-state index contributed by atoms with van der Waals surface area (Å²) in [4.78, 5) is 55.2. The predicted octanol–water partition coefficient (Wildman–Crippen LogP) is 6.31. The molecule has 39 heavy (non-hydrogen) atoms. The van der Waals surface area contributed by atoms with Gasteiger partial charge in [0, 0.05) is 0 Å². The molecule has 0 N–H and O–H groups in total. The zero-order valence-corrected chi connectivity index (χ0v) is 21.9. The molecule has 0 bridgehead atoms. The SMILES string of the molecule is Cc1cccc(N2C(=O)c3ccc(Oc4ccc5c(c4)C(=O)N(c4cccc(C)c4C)C5=O)cc3C2=O)c1C. The van der Waals surface area contributed by atoms with Crippen LogP contribution in [-0.2, 0) is 0 Å². The molecule has 0 saturated carbocycles. The molecule has 4 aromatic carbocycles. The first-order chi connectivity index (χ1) is 18.7. The van der Waals surface area contributed by atoms with E-state index in [1.54, 1.807) is 36.4 Å². The summed E-state index contributed by atoms with van der Waals surface area (Å²) in [5.74, 6) is -0.949. The fourth-order valence-corrected chi connectivity index (χ4v) is 5.10. The summed E-state index contributed by atoms with van der Waals surface area (Å²) in [6, 6.07) is 20.4. The van der Waals surface area contributed by atoms with E-state index < -0.39 is 11.8 Å². The molecule has 7 heteroatoms. The van der Waals surface area contributed by atoms with Gasteiger partial charge in [0.1, 0.15) is 11.5 Å². The van der Waals surface area contributed by atoms with Gasteiger partial charge in [-0.2, -0.15) is 0 Å². The van der Waals surface area contributed by atoms with Crippen molar-refractivity contribution in [1.29, 1.82) is 0 Å². The van der Waals surface area contributed by atoms with Crippen LogP contribution in [0.25, 0.3) is 0 Å². The Bertz CT molecular complexity index is 1640. The van der Waals surface area contributed by atoms with Crippen molar-refractivity contribution >= 4 is 35.0 Å². The number of hydrogen-bond acceptors (Lipinski definition) is 5. The molecular formula is C32H24N2O5. The van der Waals surface area contributed by atoms with Crippen LogP contribution >= 0.6 is 0 Å². The Labute approximate surface area is 225 Å². The van der Waals surface area contributed by atoms with Gasteiger partial charge >= 0.3 is 0 Å². The fraction of sp³-hybridized carbons (Fsp3) is 0.125. The van der Waals surface area contributed by atoms with Gasteiger partial charge in [0.15, 0.2) is 0 Å². The van der Waals surface area contributed by atoms with Crippen LogP contribution in [0, 0.1) is 27.7 Å². The number of carbonyl (C=O) groups excluding carboxylic acids is 4. The van der Waals surface area contributed by atoms with E-state index in [4.69, 9.17) is 4.74 Å². The summed E-state index contributed by atoms with van der Waals surface area (Å²) >= 11 is 0. The largest absolute Gasteiger partial charge is 0.457 e. The van der Waals surface area contributed by atoms with E-state index in [0.29, 0.717) is 34.0 Å². The molecule has 4 amide bonds. The van der Waals surface area contributed by atoms with Crippen molar-refractivity contribution in [3.63, 3.8) is 0 Å². The normalized spacial score (nSPS) is 14.3. The van der Waals surface area contributed by atoms with Crippen LogP contribution < -0.4 is 14.5 Å². The molecule has 0 fully saturated rings. The van der Waals surface area contributed by atoms with Gasteiger partial charge in [0.05, 0.1) is 33.6 Å². The van der Waals surface area contributed by atoms with Crippen LogP contribution in [0.3, 0.4) is 0 Å². The summed E-state index contributed by atoms with van der Waals surface area (Å²) in [6.07, 6.45) is 0. The number of fused-ring (bicyclic) bond motifs is 2. The summed E-state index contributed by atoms with van der Waals surface area (Å²) in [6.45, 7) is 7.62. The lowest BCUT2D eigenvalue weighted by molar-refractivity contribution is 0.0910. The van der Waals surface area contributed by atoms with Gasteiger partial charge < -0.3 is 4.74 Å². The molecule has 6 rings (SSSR count). The first kappa shape index (κ1) is 24.3. The zero-order valence-electron chi connectivity index (χ0n) is 21.9. The van der Waals surface area contributed by atoms with Crippen LogP contribution in [0.1, 0.15) is 63.7 Å². The maximum atomic E-state index is 13.3. The molecule has 0 unspecified atom stereocenters. The molecule has 0 aromatic heterocycles. The highest BCUT2D eigenvalue weighted by molar-refractivity contribution is 6.35. The molecule has 0 saturated heterocycles. The Hall–Kier alpha value is -5.04. The molecule has 4 aromatic rings. The quantitative estimate of drug-likeness (QED) is 0.297. The molecule has 2 heterocycles. The number of benzene rings is 4. The molecule has 7 nitrogen and oxygen atoms in total. The Morgan fingerprint density at radius 3 is 1.28 bits per heavy atom. The predicted molar refractivity (Wildman–Crippen MR) is 147 cm³/mol. The average molecular weight is 517 g/mol. The second-order valence-electron chi connectivity index (χ2n) is 9.85. The van der Waals surface area contributed by atoms with Crippen molar-refractivity contribution in [3.8, 4) is 11.5 Å². The average Bonchev–Trinajstić information content (AvgIpc) is 3.31. The first-order valence-corrected chi connectivity index (χ1v) is 12.5. The molecule has 2 aliphatic heterocycles. The van der Waals surface area contributed by atoms with E-state index in [9.17, 15) is 19.2 Å². The number of hydrogen-bond donors (Lipinski definition) is 0. The fourth-order valence-electron chi connectivity index (χ4n) is 5.10. The Morgan fingerprint density at radius 2 is 0.872 bits per heavy atom. The molecule has 192 valence electrons. The molecule has 0 aliphatic carbocycles. The summed E-state index contributed by atoms with van der Waals surface area (Å²) in [5, 5.41) is 0. The minimum Gasteiger partial charge on any atom is -0.457 e. The Kier molecular flexibility index (Phi) is 5.47. The number of amides is 4. The lowest BCUT2D eigenvalue weighted by Crippen LogP contribution is -2.30. The molecule has 0 spiro atoms. The van der Waals surface area contributed by atoms with Crippen molar-refractivity contribution in [2.75, 3.05) is 9.80 Å². The number of imide groups is 2. The number of carbonyl (C=O) groups is 4. The monoisotopic (exact) mass is 516 g/mol. The minimum absolute atomic E-state index is 0.243. The highest BCUT2D eigenvalue weighted by Crippen LogP contribution is 2.37. The smallest absolute Gasteiger partial charge is 0.266 e. The van der Waals surface area contributed by atoms with Crippen LogP contribution in [-0.4, -0.2) is 23.6 Å². The highest BCUT2D eigenvalue weighted by atomic mass is 16.5. The van der Waals surface area contributed by atoms with Crippen molar-refractivity contribution in [2.45, 2.75) is 27.7 Å². The summed E-state index contributed by atoms with van der Waals surface area (Å²) in [5.41, 5.74) is 5.87. The first-order valence-electron chi connectivity index (χ1n) is 12.5. The van der Waals surface area contributed by atoms with Crippen LogP contribution in [0.4, 0.5) is 11.4 Å². The van der Waals surface area contributed by atoms with Gasteiger partial charge in [-0.15, -0.1) is 0 Å². The maximum absolute atomic E-state index is 13.3. The zero-order chi connectivity index (χ0) is 27.6. The van der Waals surface area contributed by atoms with E-state index in [0.717, 1.165) is 22.3 Å². The van der Waals surface area contributed by atoms with Crippen molar-refractivity contribution < 1.29 is 23.9 Å². The number of aryl methyl sites for hydroxylation is 2. The third-order valence-electron chi connectivity index (χ3n) is 7.59. The van der Waals surface area contributed by atoms with Gasteiger partial charge in [-0.25, -0.2) is 9.80 Å². The third kappa shape index (κ3) is 3.66. The highest BCUT2D eigenvalue weighted by Gasteiger charge is 2.39. The second kappa shape index (κ2) is 8.77. The lowest BCUT2D eigenvalue weighted by atomic mass is 10.1. The Balaban J connectivity index is 1.29. The van der Waals surface area contributed by atoms with Crippen molar-refractivity contribution in [2.24, 2.45) is 0 Å². The van der Waals surface area contributed by atoms with Gasteiger partial charge in [-0.3, -0.25) is 19.2 Å². The molecule has 2 aliphatic rings. The number of nitrogens with zero attached hydrogens (tertiary/aromatic N) is 2. The van der Waals surface area contributed by atoms with Crippen molar-refractivity contribution in [1.82, 2.24) is 0 Å². The van der Waals surface area contributed by atoms with E-state index in [1.807, 2.05) is 52.0 Å². The topological polar surface area (TPSA) is 84.0 Å². The van der Waals surface area contributed by atoms with Crippen LogP contribution in [0.5, 0.6) is 11.5 Å². The second-order valence-corrected chi connectivity index (χ2v) is 9.85. The van der Waals surface area contributed by atoms with Gasteiger partial charge in [-0.1, -0.05) is 24.3 Å². The van der Waals surface area contributed by atoms with Crippen LogP contribution in [0.2, 0.25) is 0 Å².